The van der Waals surface area contributed by atoms with Gasteiger partial charge < -0.3 is 10.6 Å². The molecule has 0 aliphatic carbocycles. The molecule has 0 radical (unpaired) electrons. The molecule has 0 aliphatic heterocycles. The lowest BCUT2D eigenvalue weighted by atomic mass is 10.2. The Morgan fingerprint density at radius 2 is 1.95 bits per heavy atom. The van der Waals surface area contributed by atoms with Crippen LogP contribution in [-0.4, -0.2) is 18.5 Å². The van der Waals surface area contributed by atoms with E-state index in [0.29, 0.717) is 6.54 Å². The van der Waals surface area contributed by atoms with Gasteiger partial charge in [0.25, 0.3) is 0 Å². The monoisotopic (exact) mass is 302 g/mol. The second-order valence-corrected chi connectivity index (χ2v) is 6.73. The van der Waals surface area contributed by atoms with Crippen LogP contribution < -0.4 is 10.6 Å². The predicted octanol–water partition coefficient (Wildman–Crippen LogP) is 3.52. The van der Waals surface area contributed by atoms with E-state index in [2.05, 4.69) is 36.6 Å². The van der Waals surface area contributed by atoms with Crippen LogP contribution in [0.1, 0.15) is 22.2 Å². The molecule has 0 bridgehead atoms. The molecule has 0 saturated carbocycles. The van der Waals surface area contributed by atoms with E-state index >= 15 is 0 Å². The third kappa shape index (κ3) is 4.99. The number of para-hydroxylation sites is 1. The molecule has 2 N–H and O–H groups in total. The van der Waals surface area contributed by atoms with Crippen molar-refractivity contribution < 1.29 is 4.79 Å². The van der Waals surface area contributed by atoms with Crippen molar-refractivity contribution in [1.82, 2.24) is 5.32 Å². The average molecular weight is 302 g/mol. The molecule has 0 spiro atoms. The van der Waals surface area contributed by atoms with Crippen LogP contribution in [0, 0.1) is 13.8 Å². The molecule has 0 fully saturated rings. The molecule has 1 aromatic carbocycles. The number of anilines is 1. The highest BCUT2D eigenvalue weighted by Gasteiger charge is 2.08. The van der Waals surface area contributed by atoms with Gasteiger partial charge in [0.2, 0.25) is 5.91 Å². The van der Waals surface area contributed by atoms with E-state index in [1.807, 2.05) is 42.5 Å². The minimum atomic E-state index is -0.00138. The fourth-order valence-corrected chi connectivity index (χ4v) is 3.16. The second kappa shape index (κ2) is 7.38. The highest BCUT2D eigenvalue weighted by Crippen LogP contribution is 2.16. The smallest absolute Gasteiger partial charge is 0.238 e. The molecule has 3 nitrogen and oxygen atoms in total. The summed E-state index contributed by atoms with van der Waals surface area (Å²) in [7, 11) is 0. The second-order valence-electron chi connectivity index (χ2n) is 5.36. The highest BCUT2D eigenvalue weighted by molar-refractivity contribution is 7.11. The van der Waals surface area contributed by atoms with Gasteiger partial charge in [-0.2, -0.15) is 0 Å². The zero-order valence-corrected chi connectivity index (χ0v) is 13.6. The van der Waals surface area contributed by atoms with E-state index in [0.717, 1.165) is 17.7 Å². The minimum absolute atomic E-state index is 0.00138. The maximum Gasteiger partial charge on any atom is 0.238 e. The molecular weight excluding hydrogens is 280 g/mol. The highest BCUT2D eigenvalue weighted by atomic mass is 32.1. The van der Waals surface area contributed by atoms with Gasteiger partial charge in [0, 0.05) is 21.5 Å². The lowest BCUT2D eigenvalue weighted by molar-refractivity contribution is -0.115. The van der Waals surface area contributed by atoms with E-state index in [9.17, 15) is 4.79 Å². The van der Waals surface area contributed by atoms with E-state index in [4.69, 9.17) is 0 Å². The third-order valence-electron chi connectivity index (χ3n) is 3.33. The lowest BCUT2D eigenvalue weighted by Crippen LogP contribution is -2.35. The Labute approximate surface area is 130 Å². The van der Waals surface area contributed by atoms with Gasteiger partial charge in [-0.1, -0.05) is 18.2 Å². The topological polar surface area (TPSA) is 41.1 Å². The Balaban J connectivity index is 1.77. The number of hydrogen-bond acceptors (Lipinski definition) is 3. The molecule has 1 aromatic heterocycles. The number of benzene rings is 1. The fraction of sp³-hybridized carbons (Fsp3) is 0.353. The number of hydrogen-bond donors (Lipinski definition) is 2. The molecular formula is C17H22N2OS. The van der Waals surface area contributed by atoms with Crippen molar-refractivity contribution >= 4 is 22.9 Å². The Morgan fingerprint density at radius 1 is 1.19 bits per heavy atom. The molecule has 0 aliphatic rings. The maximum absolute atomic E-state index is 12.0. The van der Waals surface area contributed by atoms with E-state index in [1.165, 1.54) is 9.75 Å². The van der Waals surface area contributed by atoms with Gasteiger partial charge in [-0.3, -0.25) is 4.79 Å². The molecule has 21 heavy (non-hydrogen) atoms. The van der Waals surface area contributed by atoms with Crippen molar-refractivity contribution in [2.24, 2.45) is 0 Å². The van der Waals surface area contributed by atoms with Crippen molar-refractivity contribution in [2.75, 3.05) is 11.9 Å². The standard InChI is InChI=1S/C17H22N2OS/c1-12-6-4-5-7-16(12)19-17(20)11-18-13(2)10-15-9-8-14(3)21-15/h4-9,13,18H,10-11H2,1-3H3,(H,19,20). The lowest BCUT2D eigenvalue weighted by Gasteiger charge is -2.13. The Kier molecular flexibility index (Phi) is 5.53. The van der Waals surface area contributed by atoms with E-state index < -0.39 is 0 Å². The van der Waals surface area contributed by atoms with Crippen LogP contribution in [0.4, 0.5) is 5.69 Å². The normalized spacial score (nSPS) is 12.1. The maximum atomic E-state index is 12.0. The van der Waals surface area contributed by atoms with Crippen molar-refractivity contribution in [3.63, 3.8) is 0 Å². The van der Waals surface area contributed by atoms with Crippen molar-refractivity contribution in [1.29, 1.82) is 0 Å². The summed E-state index contributed by atoms with van der Waals surface area (Å²) >= 11 is 1.81. The molecule has 2 rings (SSSR count). The van der Waals surface area contributed by atoms with Gasteiger partial charge in [0.05, 0.1) is 6.54 Å². The summed E-state index contributed by atoms with van der Waals surface area (Å²) in [6.45, 7) is 6.54. The Hall–Kier alpha value is -1.65. The molecule has 112 valence electrons. The van der Waals surface area contributed by atoms with Gasteiger partial charge in [0.1, 0.15) is 0 Å². The summed E-state index contributed by atoms with van der Waals surface area (Å²) in [5.41, 5.74) is 1.96. The molecule has 2 aromatic rings. The molecule has 1 heterocycles. The third-order valence-corrected chi connectivity index (χ3v) is 4.36. The van der Waals surface area contributed by atoms with Gasteiger partial charge >= 0.3 is 0 Å². The largest absolute Gasteiger partial charge is 0.325 e. The number of aryl methyl sites for hydroxylation is 2. The number of carbonyl (C=O) groups is 1. The van der Waals surface area contributed by atoms with Crippen LogP contribution >= 0.6 is 11.3 Å². The zero-order valence-electron chi connectivity index (χ0n) is 12.8. The van der Waals surface area contributed by atoms with E-state index in [1.54, 1.807) is 0 Å². The summed E-state index contributed by atoms with van der Waals surface area (Å²) in [5.74, 6) is -0.00138. The van der Waals surface area contributed by atoms with Gasteiger partial charge in [-0.05, 0) is 51.0 Å². The van der Waals surface area contributed by atoms with Gasteiger partial charge in [0.15, 0.2) is 0 Å². The van der Waals surface area contributed by atoms with Crippen molar-refractivity contribution in [3.8, 4) is 0 Å². The number of amides is 1. The van der Waals surface area contributed by atoms with Crippen LogP contribution in [0.25, 0.3) is 0 Å². The number of rotatable bonds is 6. The number of nitrogens with one attached hydrogen (secondary N) is 2. The van der Waals surface area contributed by atoms with Crippen LogP contribution in [0.5, 0.6) is 0 Å². The quantitative estimate of drug-likeness (QED) is 0.857. The van der Waals surface area contributed by atoms with Gasteiger partial charge in [-0.25, -0.2) is 0 Å². The van der Waals surface area contributed by atoms with E-state index in [-0.39, 0.29) is 11.9 Å². The molecule has 4 heteroatoms. The molecule has 1 atom stereocenters. The van der Waals surface area contributed by atoms with Crippen LogP contribution in [0.3, 0.4) is 0 Å². The SMILES string of the molecule is Cc1ccc(CC(C)NCC(=O)Nc2ccccc2C)s1. The van der Waals surface area contributed by atoms with Crippen LogP contribution in [0.15, 0.2) is 36.4 Å². The summed E-state index contributed by atoms with van der Waals surface area (Å²) in [4.78, 5) is 14.6. The predicted molar refractivity (Wildman–Crippen MR) is 90.0 cm³/mol. The van der Waals surface area contributed by atoms with Crippen molar-refractivity contribution in [2.45, 2.75) is 33.2 Å². The molecule has 1 amide bonds. The minimum Gasteiger partial charge on any atom is -0.325 e. The average Bonchev–Trinajstić information content (AvgIpc) is 2.84. The Bertz CT molecular complexity index is 606. The first kappa shape index (κ1) is 15.7. The van der Waals surface area contributed by atoms with Crippen LogP contribution in [0.2, 0.25) is 0 Å². The zero-order chi connectivity index (χ0) is 15.2. The first-order valence-corrected chi connectivity index (χ1v) is 8.00. The first-order chi connectivity index (χ1) is 10.0. The van der Waals surface area contributed by atoms with Gasteiger partial charge in [-0.15, -0.1) is 11.3 Å². The molecule has 0 saturated heterocycles. The summed E-state index contributed by atoms with van der Waals surface area (Å²) in [6.07, 6.45) is 0.955. The summed E-state index contributed by atoms with van der Waals surface area (Å²) in [6, 6.07) is 12.4. The first-order valence-electron chi connectivity index (χ1n) is 7.19. The van der Waals surface area contributed by atoms with Crippen LogP contribution in [-0.2, 0) is 11.2 Å². The van der Waals surface area contributed by atoms with Crippen molar-refractivity contribution in [3.05, 3.63) is 51.7 Å². The Morgan fingerprint density at radius 3 is 2.62 bits per heavy atom. The fourth-order valence-electron chi connectivity index (χ4n) is 2.14. The number of carbonyl (C=O) groups excluding carboxylic acids is 1. The summed E-state index contributed by atoms with van der Waals surface area (Å²) in [5, 5.41) is 6.21. The molecule has 1 unspecified atom stereocenters. The summed E-state index contributed by atoms with van der Waals surface area (Å²) < 4.78 is 0. The number of thiophene rings is 1.